The van der Waals surface area contributed by atoms with Crippen molar-refractivity contribution in [2.75, 3.05) is 16.8 Å². The van der Waals surface area contributed by atoms with E-state index in [-0.39, 0.29) is 11.6 Å². The summed E-state index contributed by atoms with van der Waals surface area (Å²) in [4.78, 5) is 26.8. The van der Waals surface area contributed by atoms with Gasteiger partial charge in [0.15, 0.2) is 0 Å². The minimum Gasteiger partial charge on any atom is -0.325 e. The number of fused-ring (bicyclic) bond motifs is 1. The van der Waals surface area contributed by atoms with E-state index in [1.54, 1.807) is 4.90 Å². The topological polar surface area (TPSA) is 49.4 Å². The number of alkyl halides is 3. The summed E-state index contributed by atoms with van der Waals surface area (Å²) in [5.41, 5.74) is 0.776. The van der Waals surface area contributed by atoms with Crippen molar-refractivity contribution in [3.05, 3.63) is 59.7 Å². The van der Waals surface area contributed by atoms with Crippen LogP contribution in [0.15, 0.2) is 48.5 Å². The molecule has 27 heavy (non-hydrogen) atoms. The molecule has 0 radical (unpaired) electrons. The van der Waals surface area contributed by atoms with Crippen LogP contribution in [0.5, 0.6) is 0 Å². The summed E-state index contributed by atoms with van der Waals surface area (Å²) in [5, 5.41) is 2.34. The molecule has 2 aromatic rings. The quantitative estimate of drug-likeness (QED) is 0.887. The summed E-state index contributed by atoms with van der Waals surface area (Å²) in [6.45, 7) is 0.569. The van der Waals surface area contributed by atoms with Crippen molar-refractivity contribution in [1.82, 2.24) is 0 Å². The van der Waals surface area contributed by atoms with Gasteiger partial charge in [0, 0.05) is 12.2 Å². The minimum absolute atomic E-state index is 0.135. The highest BCUT2D eigenvalue weighted by Gasteiger charge is 2.50. The van der Waals surface area contributed by atoms with Gasteiger partial charge in [-0.3, -0.25) is 9.59 Å². The van der Waals surface area contributed by atoms with E-state index in [1.807, 2.05) is 24.3 Å². The highest BCUT2D eigenvalue weighted by atomic mass is 19.4. The van der Waals surface area contributed by atoms with Crippen molar-refractivity contribution in [1.29, 1.82) is 0 Å². The third-order valence-corrected chi connectivity index (χ3v) is 5.09. The average Bonchev–Trinajstić information content (AvgIpc) is 3.33. The average molecular weight is 374 g/mol. The molecular formula is C20H17F3N2O2. The summed E-state index contributed by atoms with van der Waals surface area (Å²) >= 11 is 0. The van der Waals surface area contributed by atoms with Gasteiger partial charge in [-0.25, -0.2) is 0 Å². The van der Waals surface area contributed by atoms with E-state index < -0.39 is 29.5 Å². The molecule has 1 fully saturated rings. The molecule has 7 heteroatoms. The molecule has 2 atom stereocenters. The van der Waals surface area contributed by atoms with Gasteiger partial charge in [0.2, 0.25) is 11.8 Å². The molecule has 140 valence electrons. The molecule has 4 nitrogen and oxygen atoms in total. The Labute approximate surface area is 154 Å². The maximum Gasteiger partial charge on any atom is 0.418 e. The number of hydrogen-bond acceptors (Lipinski definition) is 2. The van der Waals surface area contributed by atoms with Gasteiger partial charge < -0.3 is 10.2 Å². The van der Waals surface area contributed by atoms with Crippen LogP contribution in [-0.2, 0) is 22.2 Å². The number of benzene rings is 2. The number of hydrogen-bond donors (Lipinski definition) is 1. The maximum atomic E-state index is 13.1. The predicted molar refractivity (Wildman–Crippen MR) is 94.2 cm³/mol. The molecule has 0 saturated heterocycles. The number of nitrogens with zero attached hydrogens (tertiary/aromatic N) is 1. The smallest absolute Gasteiger partial charge is 0.325 e. The summed E-state index contributed by atoms with van der Waals surface area (Å²) in [7, 11) is 0. The van der Waals surface area contributed by atoms with Gasteiger partial charge in [0.25, 0.3) is 0 Å². The van der Waals surface area contributed by atoms with Gasteiger partial charge in [-0.05, 0) is 36.6 Å². The third kappa shape index (κ3) is 3.29. The summed E-state index contributed by atoms with van der Waals surface area (Å²) in [6.07, 6.45) is -3.43. The normalized spacial score (nSPS) is 20.9. The first-order valence-electron chi connectivity index (χ1n) is 8.72. The monoisotopic (exact) mass is 374 g/mol. The van der Waals surface area contributed by atoms with Crippen LogP contribution in [0.4, 0.5) is 24.5 Å². The summed E-state index contributed by atoms with van der Waals surface area (Å²) < 4.78 is 39.2. The van der Waals surface area contributed by atoms with Gasteiger partial charge in [0.1, 0.15) is 0 Å². The first kappa shape index (κ1) is 17.6. The van der Waals surface area contributed by atoms with Crippen LogP contribution >= 0.6 is 0 Å². The van der Waals surface area contributed by atoms with Crippen LogP contribution in [0.1, 0.15) is 17.5 Å². The second kappa shape index (κ2) is 6.40. The van der Waals surface area contributed by atoms with Crippen molar-refractivity contribution in [2.24, 2.45) is 11.8 Å². The Bertz CT molecular complexity index is 910. The highest BCUT2D eigenvalue weighted by molar-refractivity contribution is 6.05. The predicted octanol–water partition coefficient (Wildman–Crippen LogP) is 3.87. The Morgan fingerprint density at radius 1 is 1.00 bits per heavy atom. The molecule has 1 N–H and O–H groups in total. The first-order valence-corrected chi connectivity index (χ1v) is 8.72. The van der Waals surface area contributed by atoms with Crippen molar-refractivity contribution in [3.8, 4) is 0 Å². The first-order chi connectivity index (χ1) is 12.9. The van der Waals surface area contributed by atoms with Gasteiger partial charge >= 0.3 is 6.18 Å². The van der Waals surface area contributed by atoms with Gasteiger partial charge in [-0.1, -0.05) is 30.3 Å². The standard InChI is InChI=1S/C20H17F3N2O2/c21-20(22,23)15-6-2-3-7-16(15)24-18(26)13-11-14(13)19(27)25-10-9-12-5-1-4-8-17(12)25/h1-8,13-14H,9-11H2,(H,24,26). The fourth-order valence-electron chi connectivity index (χ4n) is 3.59. The molecule has 2 aromatic carbocycles. The maximum absolute atomic E-state index is 13.1. The Morgan fingerprint density at radius 3 is 2.48 bits per heavy atom. The molecular weight excluding hydrogens is 357 g/mol. The second-order valence-corrected chi connectivity index (χ2v) is 6.85. The zero-order chi connectivity index (χ0) is 19.2. The van der Waals surface area contributed by atoms with E-state index in [9.17, 15) is 22.8 Å². The number of rotatable bonds is 3. The number of halogens is 3. The van der Waals surface area contributed by atoms with Crippen LogP contribution in [0.3, 0.4) is 0 Å². The Kier molecular flexibility index (Phi) is 4.17. The molecule has 1 aliphatic heterocycles. The van der Waals surface area contributed by atoms with Crippen molar-refractivity contribution >= 4 is 23.2 Å². The molecule has 0 bridgehead atoms. The summed E-state index contributed by atoms with van der Waals surface area (Å²) in [6, 6.07) is 12.5. The van der Waals surface area contributed by atoms with Crippen LogP contribution in [-0.4, -0.2) is 18.4 Å². The number of nitrogens with one attached hydrogen (secondary N) is 1. The van der Waals surface area contributed by atoms with Crippen LogP contribution in [0.2, 0.25) is 0 Å². The highest BCUT2D eigenvalue weighted by Crippen LogP contribution is 2.43. The van der Waals surface area contributed by atoms with Crippen LogP contribution < -0.4 is 10.2 Å². The lowest BCUT2D eigenvalue weighted by Crippen LogP contribution is -2.32. The zero-order valence-electron chi connectivity index (χ0n) is 14.3. The molecule has 1 aliphatic carbocycles. The fraction of sp³-hybridized carbons (Fsp3) is 0.300. The second-order valence-electron chi connectivity index (χ2n) is 6.85. The van der Waals surface area contributed by atoms with E-state index in [4.69, 9.17) is 0 Å². The van der Waals surface area contributed by atoms with E-state index in [0.29, 0.717) is 13.0 Å². The summed E-state index contributed by atoms with van der Waals surface area (Å²) in [5.74, 6) is -1.75. The third-order valence-electron chi connectivity index (χ3n) is 5.09. The van der Waals surface area contributed by atoms with E-state index in [1.165, 1.54) is 18.2 Å². The number of anilines is 2. The van der Waals surface area contributed by atoms with Gasteiger partial charge in [0.05, 0.1) is 23.1 Å². The number of amides is 2. The molecule has 0 aromatic heterocycles. The molecule has 1 saturated carbocycles. The SMILES string of the molecule is O=C(Nc1ccccc1C(F)(F)F)C1CC1C(=O)N1CCc2ccccc21. The molecule has 1 heterocycles. The lowest BCUT2D eigenvalue weighted by Gasteiger charge is -2.17. The van der Waals surface area contributed by atoms with Crippen LogP contribution in [0.25, 0.3) is 0 Å². The van der Waals surface area contributed by atoms with Crippen molar-refractivity contribution in [3.63, 3.8) is 0 Å². The van der Waals surface area contributed by atoms with E-state index in [2.05, 4.69) is 5.32 Å². The fourth-order valence-corrected chi connectivity index (χ4v) is 3.59. The number of carbonyl (C=O) groups is 2. The number of para-hydroxylation sites is 2. The largest absolute Gasteiger partial charge is 0.418 e. The molecule has 2 unspecified atom stereocenters. The molecule has 0 spiro atoms. The van der Waals surface area contributed by atoms with Crippen molar-refractivity contribution < 1.29 is 22.8 Å². The van der Waals surface area contributed by atoms with E-state index >= 15 is 0 Å². The van der Waals surface area contributed by atoms with Gasteiger partial charge in [-0.2, -0.15) is 13.2 Å². The van der Waals surface area contributed by atoms with Crippen LogP contribution in [0, 0.1) is 11.8 Å². The minimum atomic E-state index is -4.55. The Hall–Kier alpha value is -2.83. The van der Waals surface area contributed by atoms with E-state index in [0.717, 1.165) is 23.7 Å². The Balaban J connectivity index is 1.44. The zero-order valence-corrected chi connectivity index (χ0v) is 14.3. The lowest BCUT2D eigenvalue weighted by atomic mass is 10.1. The molecule has 2 aliphatic rings. The molecule has 2 amide bonds. The number of carbonyl (C=O) groups excluding carboxylic acids is 2. The molecule has 4 rings (SSSR count). The van der Waals surface area contributed by atoms with Gasteiger partial charge in [-0.15, -0.1) is 0 Å². The van der Waals surface area contributed by atoms with Crippen molar-refractivity contribution in [2.45, 2.75) is 19.0 Å². The lowest BCUT2D eigenvalue weighted by molar-refractivity contribution is -0.137. The Morgan fingerprint density at radius 2 is 1.70 bits per heavy atom.